The second-order valence-electron chi connectivity index (χ2n) is 10.7. The first kappa shape index (κ1) is 30.4. The normalized spacial score (nSPS) is 10.9. The molecule has 39 heavy (non-hydrogen) atoms. The lowest BCUT2D eigenvalue weighted by molar-refractivity contribution is -0.116. The minimum absolute atomic E-state index is 0.0258. The number of pyridine rings is 1. The van der Waals surface area contributed by atoms with Crippen LogP contribution in [0, 0.1) is 0 Å². The van der Waals surface area contributed by atoms with Crippen LogP contribution < -0.4 is 9.64 Å². The standard InChI is InChI=1S/C35H48N2O2/c1-3-4-5-6-7-8-9-10-11-12-13-14-25-39-35-19-15-17-33(27-35)29-37(30(2)38)34-22-20-31(21-23-34)26-32-18-16-24-36-28-32/h15-24,27-28H,3-14,25-26,29H2,1-2H3. The van der Waals surface area contributed by atoms with Crippen LogP contribution in [0.2, 0.25) is 0 Å². The van der Waals surface area contributed by atoms with E-state index in [9.17, 15) is 4.79 Å². The predicted molar refractivity (Wildman–Crippen MR) is 163 cm³/mol. The highest BCUT2D eigenvalue weighted by molar-refractivity contribution is 5.91. The average Bonchev–Trinajstić information content (AvgIpc) is 2.95. The van der Waals surface area contributed by atoms with E-state index >= 15 is 0 Å². The molecule has 0 spiro atoms. The molecule has 0 saturated heterocycles. The Kier molecular flexibility index (Phi) is 14.2. The Morgan fingerprint density at radius 2 is 1.38 bits per heavy atom. The monoisotopic (exact) mass is 528 g/mol. The van der Waals surface area contributed by atoms with Gasteiger partial charge in [0.1, 0.15) is 5.75 Å². The largest absolute Gasteiger partial charge is 0.494 e. The third-order valence-electron chi connectivity index (χ3n) is 7.26. The Hall–Kier alpha value is -3.14. The van der Waals surface area contributed by atoms with Gasteiger partial charge in [-0.15, -0.1) is 0 Å². The summed E-state index contributed by atoms with van der Waals surface area (Å²) in [5.41, 5.74) is 4.34. The summed E-state index contributed by atoms with van der Waals surface area (Å²) in [5, 5.41) is 0. The van der Waals surface area contributed by atoms with Crippen molar-refractivity contribution in [1.82, 2.24) is 4.98 Å². The molecule has 1 aromatic heterocycles. The lowest BCUT2D eigenvalue weighted by atomic mass is 10.1. The van der Waals surface area contributed by atoms with Gasteiger partial charge < -0.3 is 9.64 Å². The van der Waals surface area contributed by atoms with E-state index in [1.807, 2.05) is 41.4 Å². The van der Waals surface area contributed by atoms with Gasteiger partial charge in [0.05, 0.1) is 13.2 Å². The molecule has 0 aliphatic carbocycles. The van der Waals surface area contributed by atoms with Crippen molar-refractivity contribution in [3.8, 4) is 5.75 Å². The molecule has 0 aliphatic rings. The fourth-order valence-corrected chi connectivity index (χ4v) is 4.97. The first-order valence-electron chi connectivity index (χ1n) is 15.1. The highest BCUT2D eigenvalue weighted by atomic mass is 16.5. The van der Waals surface area contributed by atoms with Gasteiger partial charge in [0.2, 0.25) is 5.91 Å². The van der Waals surface area contributed by atoms with Gasteiger partial charge in [0.25, 0.3) is 0 Å². The number of aromatic nitrogens is 1. The number of carbonyl (C=O) groups excluding carboxylic acids is 1. The van der Waals surface area contributed by atoms with Crippen molar-refractivity contribution in [2.24, 2.45) is 0 Å². The molecule has 4 nitrogen and oxygen atoms in total. The van der Waals surface area contributed by atoms with Crippen molar-refractivity contribution in [1.29, 1.82) is 0 Å². The summed E-state index contributed by atoms with van der Waals surface area (Å²) in [6.45, 7) is 5.17. The topological polar surface area (TPSA) is 42.4 Å². The van der Waals surface area contributed by atoms with Gasteiger partial charge in [-0.2, -0.15) is 0 Å². The van der Waals surface area contributed by atoms with Gasteiger partial charge in [-0.3, -0.25) is 9.78 Å². The van der Waals surface area contributed by atoms with Crippen LogP contribution in [-0.4, -0.2) is 17.5 Å². The molecule has 0 unspecified atom stereocenters. The predicted octanol–water partition coefficient (Wildman–Crippen LogP) is 9.31. The SMILES string of the molecule is CCCCCCCCCCCCCCOc1cccc(CN(C(C)=O)c2ccc(Cc3cccnc3)cc2)c1. The second kappa shape index (κ2) is 18.2. The molecule has 0 aliphatic heterocycles. The highest BCUT2D eigenvalue weighted by Crippen LogP contribution is 2.22. The summed E-state index contributed by atoms with van der Waals surface area (Å²) in [5.74, 6) is 0.906. The Labute approximate surface area is 236 Å². The summed E-state index contributed by atoms with van der Waals surface area (Å²) in [4.78, 5) is 18.5. The van der Waals surface area contributed by atoms with Gasteiger partial charge in [0.15, 0.2) is 0 Å². The fraction of sp³-hybridized carbons (Fsp3) is 0.486. The molecule has 1 amide bonds. The summed E-state index contributed by atoms with van der Waals surface area (Å²) in [6.07, 6.45) is 20.6. The van der Waals surface area contributed by atoms with Crippen molar-refractivity contribution >= 4 is 11.6 Å². The zero-order valence-corrected chi connectivity index (χ0v) is 24.2. The number of unbranched alkanes of at least 4 members (excludes halogenated alkanes) is 11. The van der Waals surface area contributed by atoms with E-state index < -0.39 is 0 Å². The Balaban J connectivity index is 1.37. The molecule has 0 N–H and O–H groups in total. The van der Waals surface area contributed by atoms with Gasteiger partial charge in [0, 0.05) is 25.0 Å². The van der Waals surface area contributed by atoms with Crippen molar-refractivity contribution in [3.05, 3.63) is 89.7 Å². The van der Waals surface area contributed by atoms with Crippen LogP contribution in [0.1, 0.15) is 108 Å². The summed E-state index contributed by atoms with van der Waals surface area (Å²) < 4.78 is 6.05. The summed E-state index contributed by atoms with van der Waals surface area (Å²) >= 11 is 0. The first-order chi connectivity index (χ1) is 19.2. The van der Waals surface area contributed by atoms with Crippen LogP contribution >= 0.6 is 0 Å². The molecule has 4 heteroatoms. The highest BCUT2D eigenvalue weighted by Gasteiger charge is 2.13. The molecule has 2 aromatic carbocycles. The molecule has 0 saturated carbocycles. The van der Waals surface area contributed by atoms with Gasteiger partial charge in [-0.05, 0) is 59.9 Å². The number of rotatable bonds is 19. The second-order valence-corrected chi connectivity index (χ2v) is 10.7. The van der Waals surface area contributed by atoms with E-state index in [1.54, 1.807) is 13.1 Å². The van der Waals surface area contributed by atoms with E-state index in [-0.39, 0.29) is 5.91 Å². The van der Waals surface area contributed by atoms with Crippen LogP contribution in [0.4, 0.5) is 5.69 Å². The van der Waals surface area contributed by atoms with Crippen LogP contribution in [0.15, 0.2) is 73.1 Å². The zero-order chi connectivity index (χ0) is 27.5. The number of hydrogen-bond donors (Lipinski definition) is 0. The fourth-order valence-electron chi connectivity index (χ4n) is 4.97. The summed E-state index contributed by atoms with van der Waals surface area (Å²) in [7, 11) is 0. The van der Waals surface area contributed by atoms with E-state index in [4.69, 9.17) is 4.74 Å². The van der Waals surface area contributed by atoms with Crippen molar-refractivity contribution in [2.45, 2.75) is 104 Å². The molecule has 1 heterocycles. The van der Waals surface area contributed by atoms with E-state index in [0.29, 0.717) is 6.54 Å². The third-order valence-corrected chi connectivity index (χ3v) is 7.26. The lowest BCUT2D eigenvalue weighted by Crippen LogP contribution is -2.27. The van der Waals surface area contributed by atoms with E-state index in [1.165, 1.54) is 81.8 Å². The minimum atomic E-state index is 0.0258. The van der Waals surface area contributed by atoms with Gasteiger partial charge in [-0.1, -0.05) is 108 Å². The molecular formula is C35H48N2O2. The maximum atomic E-state index is 12.5. The Morgan fingerprint density at radius 3 is 2.00 bits per heavy atom. The van der Waals surface area contributed by atoms with Crippen LogP contribution in [-0.2, 0) is 17.8 Å². The minimum Gasteiger partial charge on any atom is -0.494 e. The van der Waals surface area contributed by atoms with Crippen molar-refractivity contribution in [3.63, 3.8) is 0 Å². The third kappa shape index (κ3) is 12.1. The molecule has 0 radical (unpaired) electrons. The van der Waals surface area contributed by atoms with Crippen LogP contribution in [0.5, 0.6) is 5.75 Å². The molecule has 210 valence electrons. The van der Waals surface area contributed by atoms with Gasteiger partial charge >= 0.3 is 0 Å². The number of ether oxygens (including phenoxy) is 1. The first-order valence-corrected chi connectivity index (χ1v) is 15.1. The lowest BCUT2D eigenvalue weighted by Gasteiger charge is -2.22. The number of anilines is 1. The number of carbonyl (C=O) groups is 1. The number of amides is 1. The number of hydrogen-bond acceptors (Lipinski definition) is 3. The smallest absolute Gasteiger partial charge is 0.224 e. The van der Waals surface area contributed by atoms with Crippen molar-refractivity contribution in [2.75, 3.05) is 11.5 Å². The van der Waals surface area contributed by atoms with Crippen molar-refractivity contribution < 1.29 is 9.53 Å². The molecule has 0 atom stereocenters. The van der Waals surface area contributed by atoms with Crippen LogP contribution in [0.25, 0.3) is 0 Å². The maximum absolute atomic E-state index is 12.5. The van der Waals surface area contributed by atoms with Gasteiger partial charge in [-0.25, -0.2) is 0 Å². The van der Waals surface area contributed by atoms with Crippen LogP contribution in [0.3, 0.4) is 0 Å². The maximum Gasteiger partial charge on any atom is 0.224 e. The zero-order valence-electron chi connectivity index (χ0n) is 24.2. The Morgan fingerprint density at radius 1 is 0.744 bits per heavy atom. The number of benzene rings is 2. The average molecular weight is 529 g/mol. The summed E-state index contributed by atoms with van der Waals surface area (Å²) in [6, 6.07) is 20.4. The number of nitrogens with zero attached hydrogens (tertiary/aromatic N) is 2. The molecule has 0 bridgehead atoms. The van der Waals surface area contributed by atoms with E-state index in [0.717, 1.165) is 36.4 Å². The molecule has 3 aromatic rings. The quantitative estimate of drug-likeness (QED) is 0.146. The van der Waals surface area contributed by atoms with E-state index in [2.05, 4.69) is 42.2 Å². The Bertz CT molecular complexity index is 1070. The molecular weight excluding hydrogens is 480 g/mol. The molecule has 3 rings (SSSR count). The molecule has 0 fully saturated rings.